The lowest BCUT2D eigenvalue weighted by molar-refractivity contribution is -0.275. The summed E-state index contributed by atoms with van der Waals surface area (Å²) in [5.74, 6) is -0.743. The fourth-order valence-corrected chi connectivity index (χ4v) is 3.69. The molecule has 2 N–H and O–H groups in total. The summed E-state index contributed by atoms with van der Waals surface area (Å²) in [6.07, 6.45) is -3.69. The normalized spacial score (nSPS) is 11.6. The van der Waals surface area contributed by atoms with Crippen LogP contribution in [0.3, 0.4) is 0 Å². The molecule has 2 aromatic carbocycles. The smallest absolute Gasteiger partial charge is 0.504 e. The van der Waals surface area contributed by atoms with Gasteiger partial charge in [-0.1, -0.05) is 0 Å². The van der Waals surface area contributed by atoms with Crippen molar-refractivity contribution in [3.8, 4) is 28.5 Å². The van der Waals surface area contributed by atoms with Gasteiger partial charge >= 0.3 is 6.36 Å². The lowest BCUT2D eigenvalue weighted by Gasteiger charge is -2.13. The molecule has 4 rings (SSSR count). The van der Waals surface area contributed by atoms with Crippen molar-refractivity contribution >= 4 is 16.7 Å². The van der Waals surface area contributed by atoms with Gasteiger partial charge in [0.1, 0.15) is 23.7 Å². The van der Waals surface area contributed by atoms with E-state index in [-0.39, 0.29) is 5.82 Å². The second-order valence-corrected chi connectivity index (χ2v) is 7.39. The summed E-state index contributed by atoms with van der Waals surface area (Å²) >= 11 is 0. The van der Waals surface area contributed by atoms with Crippen molar-refractivity contribution in [2.24, 2.45) is 0 Å². The van der Waals surface area contributed by atoms with Crippen molar-refractivity contribution in [1.82, 2.24) is 14.5 Å². The van der Waals surface area contributed by atoms with Gasteiger partial charge in [0, 0.05) is 35.8 Å². The van der Waals surface area contributed by atoms with Crippen molar-refractivity contribution < 1.29 is 32.1 Å². The Balaban J connectivity index is 1.52. The number of ether oxygens (including phenoxy) is 2. The molecular formula is C23H20F4N4O3. The van der Waals surface area contributed by atoms with Crippen molar-refractivity contribution in [2.75, 3.05) is 19.0 Å². The van der Waals surface area contributed by atoms with Crippen LogP contribution in [0.5, 0.6) is 17.2 Å². The fourth-order valence-electron chi connectivity index (χ4n) is 3.69. The van der Waals surface area contributed by atoms with Gasteiger partial charge in [0.05, 0.1) is 18.3 Å². The molecule has 0 aliphatic carbocycles. The van der Waals surface area contributed by atoms with Gasteiger partial charge < -0.3 is 24.5 Å². The van der Waals surface area contributed by atoms with Crippen LogP contribution >= 0.6 is 0 Å². The highest BCUT2D eigenvalue weighted by atomic mass is 19.4. The summed E-state index contributed by atoms with van der Waals surface area (Å²) in [6, 6.07) is 9.89. The second-order valence-electron chi connectivity index (χ2n) is 7.39. The molecule has 0 bridgehead atoms. The third-order valence-corrected chi connectivity index (χ3v) is 5.19. The molecule has 4 aromatic rings. The molecule has 0 amide bonds. The zero-order valence-electron chi connectivity index (χ0n) is 18.2. The van der Waals surface area contributed by atoms with Crippen LogP contribution < -0.4 is 14.8 Å². The lowest BCUT2D eigenvalue weighted by atomic mass is 10.1. The molecule has 0 atom stereocenters. The minimum absolute atomic E-state index is 0.295. The van der Waals surface area contributed by atoms with Crippen LogP contribution in [0.2, 0.25) is 0 Å². The highest BCUT2D eigenvalue weighted by Crippen LogP contribution is 2.35. The number of methoxy groups -OCH3 is 1. The van der Waals surface area contributed by atoms with Crippen LogP contribution in [0.1, 0.15) is 5.69 Å². The Kier molecular flexibility index (Phi) is 6.18. The quantitative estimate of drug-likeness (QED) is 0.354. The molecule has 34 heavy (non-hydrogen) atoms. The number of phenolic OH excluding ortho intramolecular Hbond substituents is 1. The van der Waals surface area contributed by atoms with Crippen molar-refractivity contribution in [3.05, 3.63) is 60.3 Å². The molecule has 178 valence electrons. The van der Waals surface area contributed by atoms with Crippen LogP contribution in [0, 0.1) is 12.7 Å². The number of hydrogen-bond acceptors (Lipinski definition) is 6. The highest BCUT2D eigenvalue weighted by molar-refractivity contribution is 5.88. The first kappa shape index (κ1) is 23.1. The number of nitrogens with one attached hydrogen (secondary N) is 1. The van der Waals surface area contributed by atoms with Gasteiger partial charge in [-0.3, -0.25) is 0 Å². The SMILES string of the molecule is COc1ccc(F)c2c1cc(C)n2CCNc1cc(-c2ccc(O)c(OC(F)(F)F)c2)ncn1. The van der Waals surface area contributed by atoms with E-state index in [9.17, 15) is 22.7 Å². The molecule has 2 aromatic heterocycles. The molecule has 0 saturated carbocycles. The third-order valence-electron chi connectivity index (χ3n) is 5.19. The van der Waals surface area contributed by atoms with Crippen LogP contribution in [0.4, 0.5) is 23.4 Å². The Morgan fingerprint density at radius 1 is 1.06 bits per heavy atom. The third kappa shape index (κ3) is 4.82. The number of phenols is 1. The number of fused-ring (bicyclic) bond motifs is 1. The Hall–Kier alpha value is -4.02. The molecule has 11 heteroatoms. The molecule has 0 fully saturated rings. The van der Waals surface area contributed by atoms with Gasteiger partial charge in [-0.2, -0.15) is 0 Å². The summed E-state index contributed by atoms with van der Waals surface area (Å²) in [6.45, 7) is 2.67. The molecule has 2 heterocycles. The molecular weight excluding hydrogens is 456 g/mol. The first-order valence-electron chi connectivity index (χ1n) is 10.1. The fraction of sp³-hybridized carbons (Fsp3) is 0.217. The minimum atomic E-state index is -4.95. The van der Waals surface area contributed by atoms with Crippen LogP contribution in [-0.2, 0) is 6.54 Å². The summed E-state index contributed by atoms with van der Waals surface area (Å²) in [5, 5.41) is 13.4. The van der Waals surface area contributed by atoms with Gasteiger partial charge in [-0.25, -0.2) is 14.4 Å². The summed E-state index contributed by atoms with van der Waals surface area (Å²) in [5.41, 5.74) is 1.90. The number of anilines is 1. The van der Waals surface area contributed by atoms with E-state index < -0.39 is 17.9 Å². The number of aromatic hydroxyl groups is 1. The minimum Gasteiger partial charge on any atom is -0.504 e. The second kappa shape index (κ2) is 9.08. The van der Waals surface area contributed by atoms with E-state index in [0.29, 0.717) is 46.8 Å². The average Bonchev–Trinajstić information content (AvgIpc) is 3.12. The lowest BCUT2D eigenvalue weighted by Crippen LogP contribution is -2.17. The maximum atomic E-state index is 14.5. The van der Waals surface area contributed by atoms with Crippen molar-refractivity contribution in [1.29, 1.82) is 0 Å². The maximum Gasteiger partial charge on any atom is 0.573 e. The largest absolute Gasteiger partial charge is 0.573 e. The van der Waals surface area contributed by atoms with Crippen molar-refractivity contribution in [3.63, 3.8) is 0 Å². The number of nitrogens with zero attached hydrogens (tertiary/aromatic N) is 3. The van der Waals surface area contributed by atoms with E-state index in [1.807, 2.05) is 17.6 Å². The monoisotopic (exact) mass is 476 g/mol. The molecule has 0 unspecified atom stereocenters. The zero-order valence-corrected chi connectivity index (χ0v) is 18.2. The van der Waals surface area contributed by atoms with Gasteiger partial charge in [-0.05, 0) is 43.3 Å². The topological polar surface area (TPSA) is 81.4 Å². The maximum absolute atomic E-state index is 14.5. The predicted octanol–water partition coefficient (Wildman–Crippen LogP) is 5.27. The number of hydrogen-bond donors (Lipinski definition) is 2. The summed E-state index contributed by atoms with van der Waals surface area (Å²) < 4.78 is 63.2. The summed E-state index contributed by atoms with van der Waals surface area (Å²) in [4.78, 5) is 8.21. The van der Waals surface area contributed by atoms with Crippen LogP contribution in [0.25, 0.3) is 22.2 Å². The predicted molar refractivity (Wildman–Crippen MR) is 117 cm³/mol. The number of halogens is 4. The van der Waals surface area contributed by atoms with E-state index in [1.54, 1.807) is 12.1 Å². The molecule has 0 spiro atoms. The molecule has 0 saturated heterocycles. The van der Waals surface area contributed by atoms with E-state index >= 15 is 0 Å². The summed E-state index contributed by atoms with van der Waals surface area (Å²) in [7, 11) is 1.53. The Labute approximate surface area is 191 Å². The Morgan fingerprint density at radius 2 is 1.85 bits per heavy atom. The first-order valence-corrected chi connectivity index (χ1v) is 10.1. The van der Waals surface area contributed by atoms with E-state index in [0.717, 1.165) is 17.8 Å². The number of aromatic nitrogens is 3. The average molecular weight is 476 g/mol. The van der Waals surface area contributed by atoms with Crippen molar-refractivity contribution in [2.45, 2.75) is 19.8 Å². The zero-order chi connectivity index (χ0) is 24.5. The Bertz CT molecular complexity index is 1340. The molecule has 0 aliphatic rings. The molecule has 0 aliphatic heterocycles. The number of benzene rings is 2. The first-order chi connectivity index (χ1) is 16.2. The van der Waals surface area contributed by atoms with Gasteiger partial charge in [-0.15, -0.1) is 13.2 Å². The standard InChI is InChI=1S/C23H20F4N4O3/c1-13-9-15-19(33-2)6-4-16(24)22(15)31(13)8-7-28-21-11-17(29-12-30-21)14-3-5-18(32)20(10-14)34-23(25,26)27/h3-6,9-12,32H,7-8H2,1-2H3,(H,28,29,30). The molecule has 0 radical (unpaired) electrons. The van der Waals surface area contributed by atoms with E-state index in [1.165, 1.54) is 25.6 Å². The van der Waals surface area contributed by atoms with Gasteiger partial charge in [0.2, 0.25) is 0 Å². The van der Waals surface area contributed by atoms with E-state index in [4.69, 9.17) is 4.74 Å². The number of aryl methyl sites for hydroxylation is 1. The van der Waals surface area contributed by atoms with Gasteiger partial charge in [0.25, 0.3) is 0 Å². The Morgan fingerprint density at radius 3 is 2.59 bits per heavy atom. The number of rotatable bonds is 7. The number of alkyl halides is 3. The van der Waals surface area contributed by atoms with Gasteiger partial charge in [0.15, 0.2) is 11.5 Å². The van der Waals surface area contributed by atoms with E-state index in [2.05, 4.69) is 20.0 Å². The highest BCUT2D eigenvalue weighted by Gasteiger charge is 2.32. The van der Waals surface area contributed by atoms with Crippen LogP contribution in [0.15, 0.2) is 48.8 Å². The van der Waals surface area contributed by atoms with Crippen LogP contribution in [-0.4, -0.2) is 39.7 Å². The molecule has 7 nitrogen and oxygen atoms in total.